The lowest BCUT2D eigenvalue weighted by molar-refractivity contribution is -0.703. The summed E-state index contributed by atoms with van der Waals surface area (Å²) in [4.78, 5) is 3.18. The molecular weight excluding hydrogens is 460 g/mol. The molecule has 6 rings (SSSR count). The number of fused-ring (bicyclic) bond motifs is 3. The Hall–Kier alpha value is -2.64. The Labute approximate surface area is 207 Å². The number of anilines is 1. The number of aromatic nitrogens is 1. The van der Waals surface area contributed by atoms with E-state index in [-0.39, 0.29) is 13.5 Å². The Kier molecular flexibility index (Phi) is 5.91. The molecule has 4 nitrogen and oxygen atoms in total. The van der Waals surface area contributed by atoms with Crippen molar-refractivity contribution in [3.8, 4) is 0 Å². The smallest absolute Gasteiger partial charge is 0.265 e. The van der Waals surface area contributed by atoms with Gasteiger partial charge in [0, 0.05) is 17.0 Å². The van der Waals surface area contributed by atoms with E-state index in [1.165, 1.54) is 39.2 Å². The fourth-order valence-corrected chi connectivity index (χ4v) is 7.43. The second-order valence-corrected chi connectivity index (χ2v) is 11.1. The first-order valence-electron chi connectivity index (χ1n) is 11.8. The Morgan fingerprint density at radius 1 is 0.971 bits per heavy atom. The van der Waals surface area contributed by atoms with Crippen LogP contribution in [-0.2, 0) is 6.73 Å². The number of thioether (sulfide) groups is 1. The topological polar surface area (TPSA) is 47.6 Å². The highest BCUT2D eigenvalue weighted by molar-refractivity contribution is 8.03. The lowest BCUT2D eigenvalue weighted by Crippen LogP contribution is -2.34. The minimum Gasteiger partial charge on any atom is -0.376 e. The van der Waals surface area contributed by atoms with Crippen LogP contribution in [0.4, 0.5) is 5.69 Å². The highest BCUT2D eigenvalue weighted by Gasteiger charge is 2.27. The second-order valence-electron chi connectivity index (χ2n) is 8.96. The maximum atomic E-state index is 9.98. The lowest BCUT2D eigenvalue weighted by atomic mass is 9.77. The monoisotopic (exact) mass is 487 g/mol. The van der Waals surface area contributed by atoms with Crippen LogP contribution in [0.25, 0.3) is 16.3 Å². The van der Waals surface area contributed by atoms with Crippen molar-refractivity contribution in [2.24, 2.45) is 5.92 Å². The van der Waals surface area contributed by atoms with E-state index in [0.717, 1.165) is 34.1 Å². The molecule has 1 aliphatic heterocycles. The van der Waals surface area contributed by atoms with Crippen molar-refractivity contribution in [1.29, 1.82) is 0 Å². The van der Waals surface area contributed by atoms with Gasteiger partial charge in [0.15, 0.2) is 0 Å². The van der Waals surface area contributed by atoms with Crippen LogP contribution in [0.1, 0.15) is 30.7 Å². The molecule has 0 radical (unpaired) electrons. The largest absolute Gasteiger partial charge is 0.376 e. The zero-order valence-corrected chi connectivity index (χ0v) is 20.5. The Morgan fingerprint density at radius 2 is 1.79 bits per heavy atom. The predicted octanol–water partition coefficient (Wildman–Crippen LogP) is 5.98. The number of rotatable bonds is 4. The molecule has 0 fully saturated rings. The number of hydrogen-bond donors (Lipinski definition) is 2. The highest BCUT2D eigenvalue weighted by atomic mass is 32.2. The van der Waals surface area contributed by atoms with Crippen molar-refractivity contribution in [2.45, 2.75) is 37.3 Å². The molecule has 3 aliphatic rings. The minimum absolute atomic E-state index is 0.0125. The molecule has 1 atom stereocenters. The zero-order chi connectivity index (χ0) is 23.1. The summed E-state index contributed by atoms with van der Waals surface area (Å²) < 4.78 is 3.18. The van der Waals surface area contributed by atoms with Crippen LogP contribution >= 0.6 is 23.1 Å². The normalized spacial score (nSPS) is 22.2. The molecule has 0 amide bonds. The number of hydrogen-bond acceptors (Lipinski definition) is 5. The van der Waals surface area contributed by atoms with Gasteiger partial charge in [0.25, 0.3) is 11.7 Å². The standard InChI is InChI=1S/C28H27N2O2S2/c31-17-29-23-5-1-3-7-25(23)33-27(29)15-19-9-11-21-12-10-20(14-22(21)13-19)16-28-30(18-32)24-6-2-4-8-26(24)34-28/h1-8,13-16,21,31-32H,9-12,17-18H2/q+1. The summed E-state index contributed by atoms with van der Waals surface area (Å²) >= 11 is 3.46. The van der Waals surface area contributed by atoms with Gasteiger partial charge in [-0.3, -0.25) is 0 Å². The third-order valence-electron chi connectivity index (χ3n) is 6.91. The van der Waals surface area contributed by atoms with E-state index in [4.69, 9.17) is 0 Å². The van der Waals surface area contributed by atoms with Gasteiger partial charge >= 0.3 is 0 Å². The predicted molar refractivity (Wildman–Crippen MR) is 140 cm³/mol. The zero-order valence-electron chi connectivity index (χ0n) is 18.9. The van der Waals surface area contributed by atoms with Crippen LogP contribution in [0, 0.1) is 5.92 Å². The van der Waals surface area contributed by atoms with E-state index in [1.54, 1.807) is 23.1 Å². The second kappa shape index (κ2) is 9.19. The van der Waals surface area contributed by atoms with Gasteiger partial charge in [-0.05, 0) is 72.6 Å². The number of aliphatic hydroxyl groups is 2. The number of thiazole rings is 1. The highest BCUT2D eigenvalue weighted by Crippen LogP contribution is 2.47. The third kappa shape index (κ3) is 3.95. The summed E-state index contributed by atoms with van der Waals surface area (Å²) in [5, 5.41) is 22.2. The number of allylic oxidation sites excluding steroid dienone is 6. The van der Waals surface area contributed by atoms with E-state index in [0.29, 0.717) is 5.92 Å². The fraction of sp³-hybridized carbons (Fsp3) is 0.250. The van der Waals surface area contributed by atoms with Gasteiger partial charge in [-0.25, -0.2) is 0 Å². The van der Waals surface area contributed by atoms with E-state index in [9.17, 15) is 10.2 Å². The molecule has 0 spiro atoms. The summed E-state index contributed by atoms with van der Waals surface area (Å²) in [7, 11) is 0. The average Bonchev–Trinajstić information content (AvgIpc) is 3.40. The molecule has 2 aromatic carbocycles. The molecule has 0 saturated carbocycles. The van der Waals surface area contributed by atoms with Crippen molar-refractivity contribution in [3.05, 3.63) is 93.5 Å². The quantitative estimate of drug-likeness (QED) is 0.444. The SMILES string of the molecule is OCN1C(=CC2=CC3=CC(=Cc4sc5ccccc5[n+]4CO)CCC3CC2)Sc2ccccc21. The molecular formula is C28H27N2O2S2+. The van der Waals surface area contributed by atoms with Crippen molar-refractivity contribution >= 4 is 45.1 Å². The van der Waals surface area contributed by atoms with Crippen molar-refractivity contribution in [1.82, 2.24) is 0 Å². The van der Waals surface area contributed by atoms with Crippen LogP contribution < -0.4 is 9.47 Å². The molecule has 172 valence electrons. The maximum Gasteiger partial charge on any atom is 0.265 e. The lowest BCUT2D eigenvalue weighted by Gasteiger charge is -2.28. The van der Waals surface area contributed by atoms with Crippen LogP contribution in [0.5, 0.6) is 0 Å². The van der Waals surface area contributed by atoms with E-state index >= 15 is 0 Å². The summed E-state index contributed by atoms with van der Waals surface area (Å²) in [5.41, 5.74) is 6.22. The summed E-state index contributed by atoms with van der Waals surface area (Å²) in [6.07, 6.45) is 13.7. The van der Waals surface area contributed by atoms with Crippen LogP contribution in [0.3, 0.4) is 0 Å². The molecule has 2 N–H and O–H groups in total. The molecule has 3 aromatic rings. The number of nitrogens with zero attached hydrogens (tertiary/aromatic N) is 2. The van der Waals surface area contributed by atoms with Gasteiger partial charge in [0.05, 0.1) is 10.7 Å². The summed E-state index contributed by atoms with van der Waals surface area (Å²) in [5.74, 6) is 0.619. The molecule has 0 bridgehead atoms. The summed E-state index contributed by atoms with van der Waals surface area (Å²) in [6.45, 7) is -0.0251. The molecule has 6 heteroatoms. The van der Waals surface area contributed by atoms with Crippen molar-refractivity contribution in [3.63, 3.8) is 0 Å². The van der Waals surface area contributed by atoms with Crippen LogP contribution in [0.15, 0.2) is 93.4 Å². The summed E-state index contributed by atoms with van der Waals surface area (Å²) in [6, 6.07) is 16.5. The van der Waals surface area contributed by atoms with Crippen LogP contribution in [-0.4, -0.2) is 16.9 Å². The van der Waals surface area contributed by atoms with Crippen LogP contribution in [0.2, 0.25) is 0 Å². The fourth-order valence-electron chi connectivity index (χ4n) is 5.17. The molecule has 0 saturated heterocycles. The van der Waals surface area contributed by atoms with E-state index in [1.807, 2.05) is 33.7 Å². The van der Waals surface area contributed by atoms with Gasteiger partial charge in [0.2, 0.25) is 5.52 Å². The Morgan fingerprint density at radius 3 is 2.68 bits per heavy atom. The first-order valence-corrected chi connectivity index (χ1v) is 13.4. The van der Waals surface area contributed by atoms with Crippen molar-refractivity contribution in [2.75, 3.05) is 11.6 Å². The maximum absolute atomic E-state index is 9.98. The van der Waals surface area contributed by atoms with Gasteiger partial charge < -0.3 is 15.1 Å². The van der Waals surface area contributed by atoms with Crippen molar-refractivity contribution < 1.29 is 14.8 Å². The Bertz CT molecular complexity index is 1380. The van der Waals surface area contributed by atoms with Gasteiger partial charge in [-0.1, -0.05) is 59.5 Å². The van der Waals surface area contributed by atoms with Gasteiger partial charge in [-0.15, -0.1) is 0 Å². The van der Waals surface area contributed by atoms with Gasteiger partial charge in [-0.2, -0.15) is 4.57 Å². The molecule has 1 unspecified atom stereocenters. The Balaban J connectivity index is 1.32. The first kappa shape index (κ1) is 21.9. The first-order chi connectivity index (χ1) is 16.7. The average molecular weight is 488 g/mol. The molecule has 34 heavy (non-hydrogen) atoms. The third-order valence-corrected chi connectivity index (χ3v) is 9.14. The van der Waals surface area contributed by atoms with E-state index < -0.39 is 0 Å². The molecule has 2 heterocycles. The number of para-hydroxylation sites is 2. The van der Waals surface area contributed by atoms with Gasteiger partial charge in [0.1, 0.15) is 11.4 Å². The number of benzene rings is 2. The number of aliphatic hydroxyl groups excluding tert-OH is 2. The van der Waals surface area contributed by atoms with E-state index in [2.05, 4.69) is 48.6 Å². The molecule has 1 aromatic heterocycles. The minimum atomic E-state index is -0.0125. The molecule has 2 aliphatic carbocycles.